The van der Waals surface area contributed by atoms with Crippen LogP contribution in [0, 0.1) is 26.6 Å². The average Bonchev–Trinajstić information content (AvgIpc) is 3.38. The Morgan fingerprint density at radius 2 is 1.90 bits per heavy atom. The van der Waals surface area contributed by atoms with Gasteiger partial charge in [0.25, 0.3) is 0 Å². The van der Waals surface area contributed by atoms with Crippen LogP contribution in [0.5, 0.6) is 0 Å². The first-order valence-electron chi connectivity index (χ1n) is 9.67. The molecule has 1 aliphatic rings. The Morgan fingerprint density at radius 3 is 2.40 bits per heavy atom. The molecule has 3 atom stereocenters. The molecule has 168 valence electrons. The van der Waals surface area contributed by atoms with E-state index in [4.69, 9.17) is 0 Å². The Morgan fingerprint density at radius 1 is 1.30 bits per heavy atom. The van der Waals surface area contributed by atoms with Crippen molar-refractivity contribution in [2.75, 3.05) is 5.75 Å². The van der Waals surface area contributed by atoms with Crippen LogP contribution in [0.25, 0.3) is 0 Å². The lowest BCUT2D eigenvalue weighted by Gasteiger charge is -2.36. The molecule has 0 amide bonds. The van der Waals surface area contributed by atoms with Crippen LogP contribution in [0.3, 0.4) is 0 Å². The van der Waals surface area contributed by atoms with Crippen LogP contribution in [-0.2, 0) is 26.9 Å². The summed E-state index contributed by atoms with van der Waals surface area (Å²) in [4.78, 5) is 0. The Bertz CT molecular complexity index is 928. The lowest BCUT2D eigenvalue weighted by Crippen LogP contribution is -2.56. The molecule has 1 aromatic carbocycles. The Balaban J connectivity index is 2.41. The third-order valence-corrected chi connectivity index (χ3v) is 9.04. The van der Waals surface area contributed by atoms with Crippen LogP contribution >= 0.6 is 22.6 Å². The van der Waals surface area contributed by atoms with Gasteiger partial charge in [0.05, 0.1) is 11.8 Å². The lowest BCUT2D eigenvalue weighted by atomic mass is 9.95. The Labute approximate surface area is 195 Å². The zero-order valence-corrected chi connectivity index (χ0v) is 21.7. The second-order valence-corrected chi connectivity index (χ2v) is 14.3. The molecule has 0 radical (unpaired) electrons. The number of nitrogens with zero attached hydrogens (tertiary/aromatic N) is 1. The van der Waals surface area contributed by atoms with Gasteiger partial charge >= 0.3 is 0 Å². The van der Waals surface area contributed by atoms with E-state index in [0.29, 0.717) is 12.3 Å². The van der Waals surface area contributed by atoms with Crippen LogP contribution in [0.15, 0.2) is 18.2 Å². The molecule has 2 rings (SSSR count). The van der Waals surface area contributed by atoms with Crippen molar-refractivity contribution in [3.63, 3.8) is 0 Å². The second kappa shape index (κ2) is 9.19. The van der Waals surface area contributed by atoms with Crippen molar-refractivity contribution in [3.8, 4) is 6.07 Å². The number of nitriles is 1. The summed E-state index contributed by atoms with van der Waals surface area (Å²) in [6.45, 7) is 8.33. The number of sulfonamides is 1. The van der Waals surface area contributed by atoms with Gasteiger partial charge in [0, 0.05) is 20.5 Å². The number of halogens is 2. The van der Waals surface area contributed by atoms with Gasteiger partial charge in [0.2, 0.25) is 10.0 Å². The molecule has 1 fully saturated rings. The summed E-state index contributed by atoms with van der Waals surface area (Å²) >= 11 is 0.362. The summed E-state index contributed by atoms with van der Waals surface area (Å²) in [6, 6.07) is 6.47. The average molecular weight is 570 g/mol. The fourth-order valence-corrected chi connectivity index (χ4v) is 6.56. The van der Waals surface area contributed by atoms with E-state index in [0.717, 1.165) is 16.4 Å². The summed E-state index contributed by atoms with van der Waals surface area (Å²) in [5.41, 5.74) is -2.61. The third-order valence-electron chi connectivity index (χ3n) is 4.90. The van der Waals surface area contributed by atoms with Gasteiger partial charge in [-0.2, -0.15) is 9.98 Å². The highest BCUT2D eigenvalue weighted by molar-refractivity contribution is 14.1. The number of benzene rings is 1. The van der Waals surface area contributed by atoms with Gasteiger partial charge in [-0.25, -0.2) is 12.8 Å². The van der Waals surface area contributed by atoms with Gasteiger partial charge in [0.15, 0.2) is 0 Å². The molecule has 2 N–H and O–H groups in total. The standard InChI is InChI=1S/C20H29FIN3O3S2/c1-18(2,3)29(26)24-20(5,16-10-15(22)8-9-17(16)21)13-30(27,28)25-19(4,12-23)11-14-6-7-14/h8-10,14,24-25H,6-7,11,13H2,1-5H3. The first-order chi connectivity index (χ1) is 13.6. The van der Waals surface area contributed by atoms with Crippen molar-refractivity contribution in [1.82, 2.24) is 9.44 Å². The summed E-state index contributed by atoms with van der Waals surface area (Å²) in [7, 11) is -4.03. The number of nitrogens with one attached hydrogen (secondary N) is 2. The minimum Gasteiger partial charge on any atom is -0.598 e. The fourth-order valence-electron chi connectivity index (χ4n) is 3.21. The SMILES string of the molecule is CC(C#N)(CC1CC1)NS(=O)(=O)CC(C)(N[S+]([O-])C(C)(C)C)c1cc(I)ccc1F. The van der Waals surface area contributed by atoms with E-state index >= 15 is 0 Å². The van der Waals surface area contributed by atoms with Crippen LogP contribution < -0.4 is 9.44 Å². The molecule has 6 nitrogen and oxygen atoms in total. The van der Waals surface area contributed by atoms with Crippen molar-refractivity contribution in [1.29, 1.82) is 5.26 Å². The van der Waals surface area contributed by atoms with E-state index in [9.17, 15) is 22.6 Å². The van der Waals surface area contributed by atoms with Crippen molar-refractivity contribution < 1.29 is 17.4 Å². The summed E-state index contributed by atoms with van der Waals surface area (Å²) in [5, 5.41) is 9.57. The Hall–Kier alpha value is -0.450. The van der Waals surface area contributed by atoms with Crippen LogP contribution in [-0.4, -0.2) is 29.0 Å². The quantitative estimate of drug-likeness (QED) is 0.349. The third kappa shape index (κ3) is 7.03. The summed E-state index contributed by atoms with van der Waals surface area (Å²) < 4.78 is 59.2. The van der Waals surface area contributed by atoms with Gasteiger partial charge < -0.3 is 4.55 Å². The molecule has 0 bridgehead atoms. The molecule has 10 heteroatoms. The minimum absolute atomic E-state index is 0.109. The molecule has 0 aliphatic heterocycles. The predicted molar refractivity (Wildman–Crippen MR) is 126 cm³/mol. The van der Waals surface area contributed by atoms with Crippen molar-refractivity contribution in [2.24, 2.45) is 5.92 Å². The lowest BCUT2D eigenvalue weighted by molar-refractivity contribution is 0.419. The maximum Gasteiger partial charge on any atom is 0.215 e. The highest BCUT2D eigenvalue weighted by atomic mass is 127. The largest absolute Gasteiger partial charge is 0.598 e. The topological polar surface area (TPSA) is 105 Å². The fraction of sp³-hybridized carbons (Fsp3) is 0.650. The molecular weight excluding hydrogens is 540 g/mol. The van der Waals surface area contributed by atoms with Crippen LogP contribution in [0.2, 0.25) is 0 Å². The van der Waals surface area contributed by atoms with E-state index in [1.165, 1.54) is 13.0 Å². The molecule has 0 heterocycles. The van der Waals surface area contributed by atoms with E-state index in [2.05, 4.69) is 15.5 Å². The molecule has 1 saturated carbocycles. The first kappa shape index (κ1) is 25.8. The highest BCUT2D eigenvalue weighted by Gasteiger charge is 2.44. The highest BCUT2D eigenvalue weighted by Crippen LogP contribution is 2.37. The Kier molecular flexibility index (Phi) is 7.91. The van der Waals surface area contributed by atoms with Crippen LogP contribution in [0.4, 0.5) is 4.39 Å². The van der Waals surface area contributed by atoms with Crippen molar-refractivity contribution in [3.05, 3.63) is 33.1 Å². The smallest absolute Gasteiger partial charge is 0.215 e. The zero-order chi connectivity index (χ0) is 23.0. The molecule has 0 saturated heterocycles. The molecule has 0 spiro atoms. The monoisotopic (exact) mass is 569 g/mol. The van der Waals surface area contributed by atoms with Crippen LogP contribution in [0.1, 0.15) is 59.4 Å². The molecule has 1 aliphatic carbocycles. The number of hydrogen-bond donors (Lipinski definition) is 2. The molecule has 30 heavy (non-hydrogen) atoms. The predicted octanol–water partition coefficient (Wildman–Crippen LogP) is 3.70. The van der Waals surface area contributed by atoms with Crippen molar-refractivity contribution in [2.45, 2.75) is 69.7 Å². The molecule has 0 aromatic heterocycles. The molecular formula is C20H29FIN3O3S2. The van der Waals surface area contributed by atoms with Crippen molar-refractivity contribution >= 4 is 44.0 Å². The van der Waals surface area contributed by atoms with Gasteiger partial charge in [0.1, 0.15) is 21.6 Å². The van der Waals surface area contributed by atoms with E-state index in [1.54, 1.807) is 39.8 Å². The normalized spacial score (nSPS) is 20.1. The minimum atomic E-state index is -4.03. The number of rotatable bonds is 9. The molecule has 3 unspecified atom stereocenters. The van der Waals surface area contributed by atoms with Gasteiger partial charge in [-0.1, -0.05) is 12.8 Å². The van der Waals surface area contributed by atoms with E-state index in [-0.39, 0.29) is 5.56 Å². The van der Waals surface area contributed by atoms with Gasteiger partial charge in [-0.15, -0.1) is 4.72 Å². The second-order valence-electron chi connectivity index (χ2n) is 9.39. The number of hydrogen-bond acceptors (Lipinski definition) is 5. The summed E-state index contributed by atoms with van der Waals surface area (Å²) in [6.07, 6.45) is 2.39. The van der Waals surface area contributed by atoms with E-state index in [1.807, 2.05) is 22.6 Å². The van der Waals surface area contributed by atoms with Gasteiger partial charge in [-0.3, -0.25) is 0 Å². The maximum atomic E-state index is 14.8. The maximum absolute atomic E-state index is 14.8. The van der Waals surface area contributed by atoms with Gasteiger partial charge in [-0.05, 0) is 87.7 Å². The first-order valence-corrected chi connectivity index (χ1v) is 13.6. The zero-order valence-electron chi connectivity index (χ0n) is 17.9. The molecule has 1 aromatic rings. The summed E-state index contributed by atoms with van der Waals surface area (Å²) in [5.74, 6) is -0.822. The van der Waals surface area contributed by atoms with E-state index < -0.39 is 48.8 Å².